The van der Waals surface area contributed by atoms with Crippen molar-refractivity contribution in [2.75, 3.05) is 40.9 Å². The molecule has 8 nitrogen and oxygen atoms in total. The van der Waals surface area contributed by atoms with Gasteiger partial charge in [0.1, 0.15) is 13.2 Å². The summed E-state index contributed by atoms with van der Waals surface area (Å²) in [5, 5.41) is 14.1. The zero-order valence-corrected chi connectivity index (χ0v) is 56.5. The minimum absolute atomic E-state index is 0.0654. The van der Waals surface area contributed by atoms with Gasteiger partial charge >= 0.3 is 7.82 Å². The quantitative estimate of drug-likeness (QED) is 0.0243. The summed E-state index contributed by atoms with van der Waals surface area (Å²) in [5.41, 5.74) is 0. The zero-order chi connectivity index (χ0) is 61.2. The Kier molecular flexibility index (Phi) is 62.4. The van der Waals surface area contributed by atoms with Crippen LogP contribution in [0, 0.1) is 0 Å². The zero-order valence-electron chi connectivity index (χ0n) is 55.6. The molecule has 0 aromatic heterocycles. The van der Waals surface area contributed by atoms with E-state index in [9.17, 15) is 19.4 Å². The molecule has 0 saturated carbocycles. The van der Waals surface area contributed by atoms with E-state index in [-0.39, 0.29) is 19.1 Å². The molecule has 0 rings (SSSR count). The van der Waals surface area contributed by atoms with Crippen LogP contribution in [0.15, 0.2) is 109 Å². The van der Waals surface area contributed by atoms with E-state index in [4.69, 9.17) is 9.05 Å². The molecule has 0 aromatic carbocycles. The first-order valence-electron chi connectivity index (χ1n) is 35.3. The molecule has 9 heteroatoms. The van der Waals surface area contributed by atoms with E-state index < -0.39 is 20.0 Å². The first-order chi connectivity index (χ1) is 41.0. The summed E-state index contributed by atoms with van der Waals surface area (Å²) < 4.78 is 23.9. The van der Waals surface area contributed by atoms with Crippen LogP contribution < -0.4 is 5.32 Å². The largest absolute Gasteiger partial charge is 0.472 e. The first kappa shape index (κ1) is 81.2. The number of allylic oxidation sites excluding steroid dienone is 18. The van der Waals surface area contributed by atoms with Gasteiger partial charge in [-0.15, -0.1) is 0 Å². The highest BCUT2D eigenvalue weighted by molar-refractivity contribution is 7.47. The number of aliphatic hydroxyl groups excluding tert-OH is 1. The topological polar surface area (TPSA) is 105 Å². The Balaban J connectivity index is 4.14. The van der Waals surface area contributed by atoms with Crippen molar-refractivity contribution in [2.45, 2.75) is 321 Å². The van der Waals surface area contributed by atoms with Crippen LogP contribution in [0.4, 0.5) is 0 Å². The van der Waals surface area contributed by atoms with Crippen LogP contribution in [-0.4, -0.2) is 73.4 Å². The lowest BCUT2D eigenvalue weighted by Crippen LogP contribution is -2.46. The number of aliphatic hydroxyl groups is 1. The summed E-state index contributed by atoms with van der Waals surface area (Å²) in [4.78, 5) is 23.5. The molecule has 0 saturated heterocycles. The number of hydrogen-bond acceptors (Lipinski definition) is 5. The van der Waals surface area contributed by atoms with Crippen LogP contribution >= 0.6 is 7.82 Å². The Labute approximate surface area is 521 Å². The first-order valence-corrected chi connectivity index (χ1v) is 36.7. The van der Waals surface area contributed by atoms with Crippen LogP contribution in [0.3, 0.4) is 0 Å². The molecular weight excluding hydrogens is 1060 g/mol. The highest BCUT2D eigenvalue weighted by Crippen LogP contribution is 2.43. The Morgan fingerprint density at radius 1 is 0.417 bits per heavy atom. The summed E-state index contributed by atoms with van der Waals surface area (Å²) in [7, 11) is 1.59. The maximum atomic E-state index is 13.1. The van der Waals surface area contributed by atoms with Gasteiger partial charge < -0.3 is 19.8 Å². The fraction of sp³-hybridized carbons (Fsp3) is 0.747. The standard InChI is InChI=1S/C75H135N2O6P/c1-6-8-10-12-14-16-18-20-22-24-26-28-30-32-34-36-37-38-39-41-43-45-47-49-51-53-55-57-59-61-63-65-67-69-75(79)76-73(72-83-84(80,81)82-71-70-77(3,4)5)74(78)68-66-64-62-60-58-56-54-52-50-48-46-44-42-40-35-33-31-29-27-25-23-21-19-17-15-13-11-9-7-2/h8,10,14,16,20,22,26,28,32,34,37-38,41,43,47,49,53,55,73-74,78H,6-7,9,11-13,15,17-19,21,23-25,27,29-31,33,35-36,39-40,42,44-46,48,50-52,54,56-72H2,1-5H3,(H-,76,79,80,81)/p+1/b10-8-,16-14-,22-20-,28-26-,34-32-,38-37-,43-41-,49-47-,55-53-. The Morgan fingerprint density at radius 2 is 0.714 bits per heavy atom. The summed E-state index contributed by atoms with van der Waals surface area (Å²) in [6, 6.07) is -0.782. The number of phosphoric ester groups is 1. The minimum Gasteiger partial charge on any atom is -0.391 e. The van der Waals surface area contributed by atoms with Crippen molar-refractivity contribution in [3.8, 4) is 0 Å². The number of likely N-dealkylation sites (N-methyl/N-ethyl adjacent to an activating group) is 1. The van der Waals surface area contributed by atoms with Gasteiger partial charge in [-0.3, -0.25) is 13.8 Å². The van der Waals surface area contributed by atoms with Crippen molar-refractivity contribution < 1.29 is 32.9 Å². The van der Waals surface area contributed by atoms with Gasteiger partial charge in [-0.05, 0) is 83.5 Å². The second-order valence-corrected chi connectivity index (χ2v) is 26.3. The number of carbonyl (C=O) groups is 1. The van der Waals surface area contributed by atoms with Gasteiger partial charge in [0.2, 0.25) is 5.91 Å². The highest BCUT2D eigenvalue weighted by Gasteiger charge is 2.28. The summed E-state index contributed by atoms with van der Waals surface area (Å²) in [6.07, 6.45) is 94.7. The third-order valence-electron chi connectivity index (χ3n) is 15.5. The number of amides is 1. The third kappa shape index (κ3) is 66.7. The van der Waals surface area contributed by atoms with Gasteiger partial charge in [-0.25, -0.2) is 4.57 Å². The number of nitrogens with one attached hydrogen (secondary N) is 1. The maximum Gasteiger partial charge on any atom is 0.472 e. The average molecular weight is 1190 g/mol. The number of hydrogen-bond donors (Lipinski definition) is 3. The predicted molar refractivity (Wildman–Crippen MR) is 369 cm³/mol. The lowest BCUT2D eigenvalue weighted by Gasteiger charge is -2.26. The average Bonchev–Trinajstić information content (AvgIpc) is 3.56. The SMILES string of the molecule is CC/C=C\C/C=C\C/C=C\C/C=C\C/C=C\C/C=C\C/C=C\C/C=C\C/C=C\CCCCCCCC(=O)NC(COP(=O)(O)OCC[N+](C)(C)C)C(O)CCCCCCCCCCCCCCCCCCCCCCCCCCCCCCC. The van der Waals surface area contributed by atoms with Gasteiger partial charge in [0.25, 0.3) is 0 Å². The molecular formula is C75H136N2O6P+. The van der Waals surface area contributed by atoms with Crippen molar-refractivity contribution in [1.82, 2.24) is 5.32 Å². The highest BCUT2D eigenvalue weighted by atomic mass is 31.2. The van der Waals surface area contributed by atoms with Crippen LogP contribution in [0.1, 0.15) is 309 Å². The minimum atomic E-state index is -4.35. The molecule has 0 aromatic rings. The van der Waals surface area contributed by atoms with Crippen LogP contribution in [-0.2, 0) is 18.4 Å². The van der Waals surface area contributed by atoms with E-state index in [0.717, 1.165) is 116 Å². The second kappa shape index (κ2) is 64.6. The molecule has 0 aliphatic rings. The fourth-order valence-corrected chi connectivity index (χ4v) is 10.8. The number of unbranched alkanes of at least 4 members (excludes halogenated alkanes) is 33. The van der Waals surface area contributed by atoms with E-state index >= 15 is 0 Å². The molecule has 0 aliphatic carbocycles. The molecule has 0 bridgehead atoms. The number of quaternary nitrogens is 1. The van der Waals surface area contributed by atoms with Crippen molar-refractivity contribution >= 4 is 13.7 Å². The Bertz CT molecular complexity index is 1740. The predicted octanol–water partition coefficient (Wildman–Crippen LogP) is 22.7. The van der Waals surface area contributed by atoms with Crippen molar-refractivity contribution in [1.29, 1.82) is 0 Å². The van der Waals surface area contributed by atoms with E-state index in [0.29, 0.717) is 23.9 Å². The molecule has 84 heavy (non-hydrogen) atoms. The molecule has 486 valence electrons. The van der Waals surface area contributed by atoms with Crippen molar-refractivity contribution in [2.24, 2.45) is 0 Å². The smallest absolute Gasteiger partial charge is 0.391 e. The summed E-state index contributed by atoms with van der Waals surface area (Å²) in [6.45, 7) is 4.78. The van der Waals surface area contributed by atoms with Gasteiger partial charge in [0.05, 0.1) is 39.9 Å². The molecule has 0 radical (unpaired) electrons. The van der Waals surface area contributed by atoms with Crippen LogP contribution in [0.2, 0.25) is 0 Å². The van der Waals surface area contributed by atoms with Gasteiger partial charge in [0, 0.05) is 6.42 Å². The molecule has 0 fully saturated rings. The summed E-state index contributed by atoms with van der Waals surface area (Å²) in [5.74, 6) is -0.164. The van der Waals surface area contributed by atoms with Crippen molar-refractivity contribution in [3.05, 3.63) is 109 Å². The molecule has 1 amide bonds. The Morgan fingerprint density at radius 3 is 1.05 bits per heavy atom. The van der Waals surface area contributed by atoms with Crippen molar-refractivity contribution in [3.63, 3.8) is 0 Å². The van der Waals surface area contributed by atoms with Crippen LogP contribution in [0.5, 0.6) is 0 Å². The van der Waals surface area contributed by atoms with Crippen LogP contribution in [0.25, 0.3) is 0 Å². The summed E-state index contributed by atoms with van der Waals surface area (Å²) >= 11 is 0. The lowest BCUT2D eigenvalue weighted by atomic mass is 10.0. The lowest BCUT2D eigenvalue weighted by molar-refractivity contribution is -0.870. The normalized spacial score (nSPS) is 14.3. The molecule has 0 heterocycles. The van der Waals surface area contributed by atoms with E-state index in [1.165, 1.54) is 167 Å². The number of rotatable bonds is 64. The molecule has 3 atom stereocenters. The monoisotopic (exact) mass is 1190 g/mol. The van der Waals surface area contributed by atoms with E-state index in [2.05, 4.69) is 129 Å². The number of carbonyl (C=O) groups excluding carboxylic acids is 1. The van der Waals surface area contributed by atoms with E-state index in [1.807, 2.05) is 21.1 Å². The third-order valence-corrected chi connectivity index (χ3v) is 16.5. The molecule has 3 N–H and O–H groups in total. The molecule has 0 aliphatic heterocycles. The molecule has 3 unspecified atom stereocenters. The fourth-order valence-electron chi connectivity index (χ4n) is 10.1. The Hall–Kier alpha value is -2.84. The van der Waals surface area contributed by atoms with Gasteiger partial charge in [-0.2, -0.15) is 0 Å². The number of phosphoric acid groups is 1. The maximum absolute atomic E-state index is 13.1. The van der Waals surface area contributed by atoms with Gasteiger partial charge in [0.15, 0.2) is 0 Å². The van der Waals surface area contributed by atoms with E-state index in [1.54, 1.807) is 0 Å². The number of nitrogens with zero attached hydrogens (tertiary/aromatic N) is 1. The second-order valence-electron chi connectivity index (χ2n) is 24.9. The molecule has 0 spiro atoms. The van der Waals surface area contributed by atoms with Gasteiger partial charge in [-0.1, -0.05) is 329 Å².